The van der Waals surface area contributed by atoms with Crippen LogP contribution in [0.15, 0.2) is 100 Å². The number of sulfone groups is 1. The highest BCUT2D eigenvalue weighted by atomic mass is 32.2. The van der Waals surface area contributed by atoms with Crippen molar-refractivity contribution in [2.75, 3.05) is 5.32 Å². The molecule has 0 atom stereocenters. The van der Waals surface area contributed by atoms with Gasteiger partial charge < -0.3 is 9.73 Å². The lowest BCUT2D eigenvalue weighted by atomic mass is 10.2. The molecule has 0 aliphatic carbocycles. The number of hydrogen-bond donors (Lipinski definition) is 1. The molecule has 3 aromatic carbocycles. The highest BCUT2D eigenvalue weighted by molar-refractivity contribution is 7.90. The third kappa shape index (κ3) is 4.44. The number of anilines is 1. The zero-order chi connectivity index (χ0) is 22.8. The van der Waals surface area contributed by atoms with Gasteiger partial charge in [-0.15, -0.1) is 11.3 Å². The average molecular weight is 475 g/mol. The van der Waals surface area contributed by atoms with Crippen LogP contribution in [-0.2, 0) is 15.6 Å². The van der Waals surface area contributed by atoms with Crippen LogP contribution in [0, 0.1) is 0 Å². The number of thiazole rings is 1. The second kappa shape index (κ2) is 8.65. The van der Waals surface area contributed by atoms with Crippen molar-refractivity contribution in [1.29, 1.82) is 0 Å². The Morgan fingerprint density at radius 3 is 2.42 bits per heavy atom. The van der Waals surface area contributed by atoms with Gasteiger partial charge in [-0.2, -0.15) is 0 Å². The Morgan fingerprint density at radius 1 is 0.879 bits per heavy atom. The number of carbonyl (C=O) groups excluding carboxylic acids is 1. The molecular formula is C25H18N2O4S2. The van der Waals surface area contributed by atoms with Crippen LogP contribution >= 0.6 is 11.3 Å². The number of furan rings is 1. The summed E-state index contributed by atoms with van der Waals surface area (Å²) in [5.41, 5.74) is 2.29. The first-order chi connectivity index (χ1) is 16.0. The van der Waals surface area contributed by atoms with E-state index in [0.29, 0.717) is 5.69 Å². The Bertz CT molecular complexity index is 1520. The summed E-state index contributed by atoms with van der Waals surface area (Å²) in [6.07, 6.45) is 0. The molecule has 0 spiro atoms. The van der Waals surface area contributed by atoms with E-state index in [-0.39, 0.29) is 22.2 Å². The van der Waals surface area contributed by atoms with Gasteiger partial charge in [0, 0.05) is 5.56 Å². The first-order valence-electron chi connectivity index (χ1n) is 10.1. The van der Waals surface area contributed by atoms with Crippen LogP contribution in [0.3, 0.4) is 0 Å². The second-order valence-electron chi connectivity index (χ2n) is 7.32. The van der Waals surface area contributed by atoms with Crippen LogP contribution in [0.4, 0.5) is 5.69 Å². The summed E-state index contributed by atoms with van der Waals surface area (Å²) in [4.78, 5) is 17.7. The fourth-order valence-corrected chi connectivity index (χ4v) is 5.70. The van der Waals surface area contributed by atoms with E-state index in [1.54, 1.807) is 35.6 Å². The van der Waals surface area contributed by atoms with Gasteiger partial charge in [-0.25, -0.2) is 13.4 Å². The van der Waals surface area contributed by atoms with Crippen molar-refractivity contribution in [2.45, 2.75) is 10.6 Å². The van der Waals surface area contributed by atoms with E-state index in [2.05, 4.69) is 10.3 Å². The van der Waals surface area contributed by atoms with Crippen LogP contribution in [0.5, 0.6) is 0 Å². The third-order valence-corrected chi connectivity index (χ3v) is 7.74. The Hall–Kier alpha value is -3.75. The normalized spacial score (nSPS) is 11.5. The Balaban J connectivity index is 1.37. The maximum atomic E-state index is 12.8. The van der Waals surface area contributed by atoms with Crippen LogP contribution in [0.2, 0.25) is 0 Å². The molecule has 0 unspecified atom stereocenters. The monoisotopic (exact) mass is 474 g/mol. The quantitative estimate of drug-likeness (QED) is 0.337. The van der Waals surface area contributed by atoms with Gasteiger partial charge in [0.05, 0.1) is 20.8 Å². The summed E-state index contributed by atoms with van der Waals surface area (Å²) in [5, 5.41) is 3.65. The smallest absolute Gasteiger partial charge is 0.291 e. The first-order valence-corrected chi connectivity index (χ1v) is 12.6. The number of amides is 1. The molecule has 8 heteroatoms. The number of para-hydroxylation sites is 2. The van der Waals surface area contributed by atoms with E-state index >= 15 is 0 Å². The summed E-state index contributed by atoms with van der Waals surface area (Å²) in [7, 11) is -3.57. The molecule has 0 fully saturated rings. The number of nitrogens with one attached hydrogen (secondary N) is 1. The summed E-state index contributed by atoms with van der Waals surface area (Å²) in [5.74, 6) is -0.560. The minimum Gasteiger partial charge on any atom is -0.455 e. The predicted octanol–water partition coefficient (Wildman–Crippen LogP) is 5.78. The lowest BCUT2D eigenvalue weighted by molar-refractivity contribution is 0.0995. The molecule has 1 amide bonds. The summed E-state index contributed by atoms with van der Waals surface area (Å²) in [6.45, 7) is 0. The first kappa shape index (κ1) is 21.1. The second-order valence-corrected chi connectivity index (χ2v) is 10.3. The Labute approximate surface area is 194 Å². The van der Waals surface area contributed by atoms with Crippen molar-refractivity contribution >= 4 is 43.0 Å². The number of carbonyl (C=O) groups is 1. The maximum absolute atomic E-state index is 12.8. The van der Waals surface area contributed by atoms with Gasteiger partial charge in [-0.1, -0.05) is 42.5 Å². The molecule has 0 radical (unpaired) electrons. The SMILES string of the molecule is O=C(Nc1ccccc1-c1nc2ccccc2s1)c1ccc(CS(=O)(=O)c2ccccc2)o1. The average Bonchev–Trinajstić information content (AvgIpc) is 3.47. The molecule has 164 valence electrons. The zero-order valence-corrected chi connectivity index (χ0v) is 18.9. The minimum atomic E-state index is -3.57. The number of nitrogens with zero attached hydrogens (tertiary/aromatic N) is 1. The third-order valence-electron chi connectivity index (χ3n) is 5.02. The standard InChI is InChI=1S/C25H18N2O4S2/c28-24(22-15-14-17(31-22)16-33(29,30)18-8-2-1-3-9-18)26-20-11-5-4-10-19(20)25-27-21-12-6-7-13-23(21)32-25/h1-15H,16H2,(H,26,28). The number of rotatable bonds is 6. The minimum absolute atomic E-state index is 0.0346. The lowest BCUT2D eigenvalue weighted by Crippen LogP contribution is -2.11. The van der Waals surface area contributed by atoms with E-state index in [1.807, 2.05) is 42.5 Å². The molecule has 5 rings (SSSR count). The van der Waals surface area contributed by atoms with E-state index in [1.165, 1.54) is 24.3 Å². The molecule has 33 heavy (non-hydrogen) atoms. The highest BCUT2D eigenvalue weighted by Gasteiger charge is 2.20. The molecule has 2 heterocycles. The summed E-state index contributed by atoms with van der Waals surface area (Å²) >= 11 is 1.54. The van der Waals surface area contributed by atoms with Gasteiger partial charge in [0.1, 0.15) is 16.5 Å². The molecular weight excluding hydrogens is 456 g/mol. The van der Waals surface area contributed by atoms with Crippen LogP contribution in [0.25, 0.3) is 20.8 Å². The van der Waals surface area contributed by atoms with Gasteiger partial charge >= 0.3 is 0 Å². The fourth-order valence-electron chi connectivity index (χ4n) is 3.43. The number of benzene rings is 3. The fraction of sp³-hybridized carbons (Fsp3) is 0.0400. The molecule has 0 aliphatic rings. The molecule has 5 aromatic rings. The Morgan fingerprint density at radius 2 is 1.61 bits per heavy atom. The topological polar surface area (TPSA) is 89.3 Å². The van der Waals surface area contributed by atoms with Crippen molar-refractivity contribution in [3.05, 3.63) is 103 Å². The molecule has 0 bridgehead atoms. The lowest BCUT2D eigenvalue weighted by Gasteiger charge is -2.08. The molecule has 6 nitrogen and oxygen atoms in total. The summed E-state index contributed by atoms with van der Waals surface area (Å²) < 4.78 is 31.8. The van der Waals surface area contributed by atoms with Crippen molar-refractivity contribution in [2.24, 2.45) is 0 Å². The van der Waals surface area contributed by atoms with Gasteiger partial charge in [-0.3, -0.25) is 4.79 Å². The van der Waals surface area contributed by atoms with Crippen molar-refractivity contribution < 1.29 is 17.6 Å². The van der Waals surface area contributed by atoms with Gasteiger partial charge in [-0.05, 0) is 48.5 Å². The van der Waals surface area contributed by atoms with E-state index in [9.17, 15) is 13.2 Å². The van der Waals surface area contributed by atoms with Crippen molar-refractivity contribution in [3.8, 4) is 10.6 Å². The Kier molecular flexibility index (Phi) is 5.53. The maximum Gasteiger partial charge on any atom is 0.291 e. The largest absolute Gasteiger partial charge is 0.455 e. The molecule has 1 N–H and O–H groups in total. The van der Waals surface area contributed by atoms with Gasteiger partial charge in [0.2, 0.25) is 0 Å². The predicted molar refractivity (Wildman–Crippen MR) is 129 cm³/mol. The number of aromatic nitrogens is 1. The molecule has 2 aromatic heterocycles. The number of fused-ring (bicyclic) bond motifs is 1. The number of hydrogen-bond acceptors (Lipinski definition) is 6. The van der Waals surface area contributed by atoms with Crippen LogP contribution in [-0.4, -0.2) is 19.3 Å². The summed E-state index contributed by atoms with van der Waals surface area (Å²) in [6, 6.07) is 26.4. The van der Waals surface area contributed by atoms with Gasteiger partial charge in [0.15, 0.2) is 15.6 Å². The zero-order valence-electron chi connectivity index (χ0n) is 17.3. The van der Waals surface area contributed by atoms with E-state index in [0.717, 1.165) is 20.8 Å². The molecule has 0 aliphatic heterocycles. The van der Waals surface area contributed by atoms with E-state index < -0.39 is 15.7 Å². The molecule has 0 saturated carbocycles. The van der Waals surface area contributed by atoms with Crippen LogP contribution < -0.4 is 5.32 Å². The van der Waals surface area contributed by atoms with Gasteiger partial charge in [0.25, 0.3) is 5.91 Å². The highest BCUT2D eigenvalue weighted by Crippen LogP contribution is 2.34. The van der Waals surface area contributed by atoms with Crippen molar-refractivity contribution in [1.82, 2.24) is 4.98 Å². The van der Waals surface area contributed by atoms with E-state index in [4.69, 9.17) is 4.42 Å². The van der Waals surface area contributed by atoms with Crippen LogP contribution in [0.1, 0.15) is 16.3 Å². The van der Waals surface area contributed by atoms with Crippen molar-refractivity contribution in [3.63, 3.8) is 0 Å². The molecule has 0 saturated heterocycles.